The van der Waals surface area contributed by atoms with Gasteiger partial charge in [0.15, 0.2) is 5.13 Å². The van der Waals surface area contributed by atoms with E-state index in [2.05, 4.69) is 4.98 Å². The Morgan fingerprint density at radius 2 is 2.27 bits per heavy atom. The number of nitrogens with zero attached hydrogens (tertiary/aromatic N) is 2. The number of anilines is 1. The van der Waals surface area contributed by atoms with Gasteiger partial charge in [-0.25, -0.2) is 4.98 Å². The Morgan fingerprint density at radius 3 is 2.73 bits per heavy atom. The van der Waals surface area contributed by atoms with Crippen LogP contribution in [0, 0.1) is 13.8 Å². The Kier molecular flexibility index (Phi) is 2.62. The fourth-order valence-electron chi connectivity index (χ4n) is 1.33. The van der Waals surface area contributed by atoms with Gasteiger partial charge >= 0.3 is 4.87 Å². The smallest absolute Gasteiger partial charge is 0.307 e. The van der Waals surface area contributed by atoms with E-state index in [9.17, 15) is 4.79 Å². The van der Waals surface area contributed by atoms with Gasteiger partial charge in [0, 0.05) is 16.0 Å². The van der Waals surface area contributed by atoms with E-state index < -0.39 is 0 Å². The van der Waals surface area contributed by atoms with Crippen molar-refractivity contribution < 1.29 is 0 Å². The predicted octanol–water partition coefficient (Wildman–Crippen LogP) is 1.61. The number of hydrogen-bond donors (Lipinski definition) is 1. The Labute approximate surface area is 95.0 Å². The van der Waals surface area contributed by atoms with E-state index in [1.807, 2.05) is 19.2 Å². The maximum atomic E-state index is 11.6. The van der Waals surface area contributed by atoms with E-state index in [1.165, 1.54) is 22.7 Å². The molecule has 0 fully saturated rings. The quantitative estimate of drug-likeness (QED) is 0.869. The van der Waals surface area contributed by atoms with Gasteiger partial charge in [0.2, 0.25) is 0 Å². The third-order valence-electron chi connectivity index (χ3n) is 2.26. The summed E-state index contributed by atoms with van der Waals surface area (Å²) in [5.41, 5.74) is 7.39. The van der Waals surface area contributed by atoms with Crippen LogP contribution in [-0.2, 0) is 6.54 Å². The van der Waals surface area contributed by atoms with Gasteiger partial charge in [-0.3, -0.25) is 9.36 Å². The highest BCUT2D eigenvalue weighted by Crippen LogP contribution is 2.15. The highest BCUT2D eigenvalue weighted by atomic mass is 32.1. The monoisotopic (exact) mass is 241 g/mol. The summed E-state index contributed by atoms with van der Waals surface area (Å²) in [4.78, 5) is 16.9. The number of nitrogens with two attached hydrogens (primary N) is 1. The van der Waals surface area contributed by atoms with Crippen molar-refractivity contribution in [1.82, 2.24) is 9.55 Å². The maximum Gasteiger partial charge on any atom is 0.307 e. The summed E-state index contributed by atoms with van der Waals surface area (Å²) in [6.07, 6.45) is 0. The lowest BCUT2D eigenvalue weighted by atomic mass is 10.4. The first kappa shape index (κ1) is 10.4. The number of aromatic nitrogens is 2. The average Bonchev–Trinajstić information content (AvgIpc) is 2.67. The van der Waals surface area contributed by atoms with Crippen LogP contribution in [0.5, 0.6) is 0 Å². The van der Waals surface area contributed by atoms with E-state index in [4.69, 9.17) is 5.73 Å². The Morgan fingerprint density at radius 1 is 1.53 bits per heavy atom. The molecular formula is C9H11N3OS2. The first-order valence-electron chi connectivity index (χ1n) is 4.44. The van der Waals surface area contributed by atoms with Crippen LogP contribution in [0.2, 0.25) is 0 Å². The molecule has 0 bridgehead atoms. The van der Waals surface area contributed by atoms with Crippen molar-refractivity contribution in [1.29, 1.82) is 0 Å². The van der Waals surface area contributed by atoms with E-state index in [0.29, 0.717) is 11.7 Å². The third kappa shape index (κ3) is 1.95. The first-order chi connectivity index (χ1) is 7.08. The Bertz CT molecular complexity index is 538. The molecule has 0 saturated heterocycles. The first-order valence-corrected chi connectivity index (χ1v) is 6.14. The van der Waals surface area contributed by atoms with Crippen molar-refractivity contribution in [2.24, 2.45) is 0 Å². The van der Waals surface area contributed by atoms with Crippen LogP contribution >= 0.6 is 22.7 Å². The van der Waals surface area contributed by atoms with Gasteiger partial charge in [0.05, 0.1) is 12.2 Å². The molecule has 2 aromatic heterocycles. The molecule has 4 nitrogen and oxygen atoms in total. The summed E-state index contributed by atoms with van der Waals surface area (Å²) in [5.74, 6) is 0. The van der Waals surface area contributed by atoms with Crippen molar-refractivity contribution in [2.45, 2.75) is 20.4 Å². The number of thiazole rings is 2. The lowest BCUT2D eigenvalue weighted by molar-refractivity contribution is 0.737. The average molecular weight is 241 g/mol. The van der Waals surface area contributed by atoms with E-state index in [0.717, 1.165) is 16.3 Å². The minimum atomic E-state index is 0.0663. The number of hydrogen-bond acceptors (Lipinski definition) is 5. The second kappa shape index (κ2) is 3.79. The molecular weight excluding hydrogens is 230 g/mol. The van der Waals surface area contributed by atoms with E-state index >= 15 is 0 Å². The molecule has 2 heterocycles. The fraction of sp³-hybridized carbons (Fsp3) is 0.333. The zero-order valence-corrected chi connectivity index (χ0v) is 10.1. The molecule has 0 amide bonds. The van der Waals surface area contributed by atoms with Crippen LogP contribution in [0.3, 0.4) is 0 Å². The predicted molar refractivity (Wildman–Crippen MR) is 63.7 cm³/mol. The molecule has 0 saturated carbocycles. The molecule has 0 unspecified atom stereocenters. The second-order valence-corrected chi connectivity index (χ2v) is 5.33. The van der Waals surface area contributed by atoms with Gasteiger partial charge in [0.25, 0.3) is 0 Å². The molecule has 2 aromatic rings. The highest BCUT2D eigenvalue weighted by molar-refractivity contribution is 7.13. The molecule has 0 aromatic carbocycles. The maximum absolute atomic E-state index is 11.6. The van der Waals surface area contributed by atoms with Gasteiger partial charge in [-0.15, -0.1) is 11.3 Å². The van der Waals surface area contributed by atoms with Crippen LogP contribution in [0.25, 0.3) is 0 Å². The summed E-state index contributed by atoms with van der Waals surface area (Å²) in [6.45, 7) is 4.42. The van der Waals surface area contributed by atoms with E-state index in [1.54, 1.807) is 4.57 Å². The van der Waals surface area contributed by atoms with Crippen LogP contribution in [0.4, 0.5) is 5.13 Å². The van der Waals surface area contributed by atoms with Gasteiger partial charge in [-0.1, -0.05) is 11.3 Å². The van der Waals surface area contributed by atoms with Crippen molar-refractivity contribution in [3.63, 3.8) is 0 Å². The highest BCUT2D eigenvalue weighted by Gasteiger charge is 2.09. The topological polar surface area (TPSA) is 60.9 Å². The zero-order chi connectivity index (χ0) is 11.0. The molecule has 0 aliphatic carbocycles. The van der Waals surface area contributed by atoms with Crippen molar-refractivity contribution in [2.75, 3.05) is 5.73 Å². The molecule has 2 N–H and O–H groups in total. The molecule has 6 heteroatoms. The normalized spacial score (nSPS) is 10.8. The summed E-state index contributed by atoms with van der Waals surface area (Å²) >= 11 is 2.67. The Hall–Kier alpha value is -1.14. The molecule has 0 radical (unpaired) electrons. The van der Waals surface area contributed by atoms with Gasteiger partial charge in [-0.05, 0) is 13.8 Å². The number of nitrogen functional groups attached to an aromatic ring is 1. The lowest BCUT2D eigenvalue weighted by Crippen LogP contribution is -2.15. The largest absolute Gasteiger partial charge is 0.375 e. The molecule has 0 spiro atoms. The molecule has 2 rings (SSSR count). The number of rotatable bonds is 2. The van der Waals surface area contributed by atoms with Gasteiger partial charge in [0.1, 0.15) is 0 Å². The summed E-state index contributed by atoms with van der Waals surface area (Å²) < 4.78 is 1.73. The zero-order valence-electron chi connectivity index (χ0n) is 8.48. The summed E-state index contributed by atoms with van der Waals surface area (Å²) in [6, 6.07) is 0. The van der Waals surface area contributed by atoms with Crippen molar-refractivity contribution in [3.05, 3.63) is 31.3 Å². The van der Waals surface area contributed by atoms with Crippen LogP contribution in [0.15, 0.2) is 10.2 Å². The summed E-state index contributed by atoms with van der Waals surface area (Å²) in [5, 5.41) is 2.43. The molecule has 15 heavy (non-hydrogen) atoms. The molecule has 0 aliphatic heterocycles. The van der Waals surface area contributed by atoms with Crippen LogP contribution in [0.1, 0.15) is 16.3 Å². The van der Waals surface area contributed by atoms with Gasteiger partial charge < -0.3 is 5.73 Å². The van der Waals surface area contributed by atoms with Crippen LogP contribution < -0.4 is 10.6 Å². The molecule has 0 atom stereocenters. The summed E-state index contributed by atoms with van der Waals surface area (Å²) in [7, 11) is 0. The van der Waals surface area contributed by atoms with Crippen molar-refractivity contribution >= 4 is 27.8 Å². The third-order valence-corrected chi connectivity index (χ3v) is 3.98. The van der Waals surface area contributed by atoms with E-state index in [-0.39, 0.29) is 4.87 Å². The second-order valence-electron chi connectivity index (χ2n) is 3.27. The fourth-order valence-corrected chi connectivity index (χ4v) is 2.71. The molecule has 0 aliphatic rings. The number of aryl methyl sites for hydroxylation is 1. The SMILES string of the molecule is Cc1sc(=O)n(Cc2csc(N)n2)c1C. The molecule has 80 valence electrons. The minimum absolute atomic E-state index is 0.0663. The van der Waals surface area contributed by atoms with Gasteiger partial charge in [-0.2, -0.15) is 0 Å². The van der Waals surface area contributed by atoms with Crippen molar-refractivity contribution in [3.8, 4) is 0 Å². The Balaban J connectivity index is 2.36. The standard InChI is InChI=1S/C9H11N3OS2/c1-5-6(2)15-9(13)12(5)3-7-4-14-8(10)11-7/h4H,3H2,1-2H3,(H2,10,11). The van der Waals surface area contributed by atoms with Crippen LogP contribution in [-0.4, -0.2) is 9.55 Å². The lowest BCUT2D eigenvalue weighted by Gasteiger charge is -2.01. The minimum Gasteiger partial charge on any atom is -0.375 e.